The van der Waals surface area contributed by atoms with E-state index in [4.69, 9.17) is 0 Å². The molecule has 3 atom stereocenters. The molecule has 0 bridgehead atoms. The van der Waals surface area contributed by atoms with E-state index in [-0.39, 0.29) is 11.3 Å². The van der Waals surface area contributed by atoms with Crippen LogP contribution in [0.15, 0.2) is 0 Å². The van der Waals surface area contributed by atoms with E-state index in [1.165, 1.54) is 6.42 Å². The molecule has 0 aromatic carbocycles. The minimum Gasteiger partial charge on any atom is -0.388 e. The second-order valence-electron chi connectivity index (χ2n) is 6.89. The molecular weight excluding hydrogens is 210 g/mol. The standard InChI is InChI=1S/C15H27NO/c1-6-14(5,11-16)15(17)10-8-7-9-12(15)13(2,3)4/h12,17H,6-10H2,1-5H3. The van der Waals surface area contributed by atoms with Crippen LogP contribution in [0.4, 0.5) is 0 Å². The molecule has 0 radical (unpaired) electrons. The summed E-state index contributed by atoms with van der Waals surface area (Å²) in [5.41, 5.74) is -1.39. The number of aliphatic hydroxyl groups is 1. The Balaban J connectivity index is 3.17. The maximum Gasteiger partial charge on any atom is 0.0863 e. The SMILES string of the molecule is CCC(C)(C#N)C1(O)CCCCC1C(C)(C)C. The van der Waals surface area contributed by atoms with Crippen molar-refractivity contribution in [1.29, 1.82) is 5.26 Å². The van der Waals surface area contributed by atoms with Gasteiger partial charge in [0.25, 0.3) is 0 Å². The first kappa shape index (κ1) is 14.5. The lowest BCUT2D eigenvalue weighted by Gasteiger charge is -2.53. The van der Waals surface area contributed by atoms with Crippen molar-refractivity contribution < 1.29 is 5.11 Å². The monoisotopic (exact) mass is 237 g/mol. The summed E-state index contributed by atoms with van der Waals surface area (Å²) in [5.74, 6) is 0.216. The zero-order valence-corrected chi connectivity index (χ0v) is 12.0. The minimum atomic E-state index is -0.826. The summed E-state index contributed by atoms with van der Waals surface area (Å²) in [5, 5.41) is 20.6. The first-order valence-electron chi connectivity index (χ1n) is 6.85. The fourth-order valence-corrected chi connectivity index (χ4v) is 3.45. The van der Waals surface area contributed by atoms with Gasteiger partial charge in [0, 0.05) is 0 Å². The molecule has 3 unspecified atom stereocenters. The van der Waals surface area contributed by atoms with Gasteiger partial charge in [-0.3, -0.25) is 0 Å². The predicted molar refractivity (Wildman–Crippen MR) is 70.4 cm³/mol. The molecule has 98 valence electrons. The van der Waals surface area contributed by atoms with Crippen LogP contribution in [-0.2, 0) is 0 Å². The van der Waals surface area contributed by atoms with E-state index in [2.05, 4.69) is 26.8 Å². The van der Waals surface area contributed by atoms with Crippen molar-refractivity contribution in [3.8, 4) is 6.07 Å². The normalized spacial score (nSPS) is 33.8. The zero-order chi connectivity index (χ0) is 13.3. The molecule has 17 heavy (non-hydrogen) atoms. The lowest BCUT2D eigenvalue weighted by molar-refractivity contribution is -0.150. The van der Waals surface area contributed by atoms with Crippen LogP contribution in [0.1, 0.15) is 66.7 Å². The van der Waals surface area contributed by atoms with Crippen molar-refractivity contribution in [2.75, 3.05) is 0 Å². The van der Waals surface area contributed by atoms with Crippen molar-refractivity contribution in [2.45, 2.75) is 72.3 Å². The Hall–Kier alpha value is -0.550. The highest BCUT2D eigenvalue weighted by atomic mass is 16.3. The van der Waals surface area contributed by atoms with E-state index in [9.17, 15) is 10.4 Å². The molecular formula is C15H27NO. The number of nitriles is 1. The van der Waals surface area contributed by atoms with Gasteiger partial charge < -0.3 is 5.11 Å². The van der Waals surface area contributed by atoms with Gasteiger partial charge in [-0.05, 0) is 37.5 Å². The summed E-state index contributed by atoms with van der Waals surface area (Å²) in [4.78, 5) is 0. The Bertz CT molecular complexity index is 312. The summed E-state index contributed by atoms with van der Waals surface area (Å²) in [6, 6.07) is 2.39. The fraction of sp³-hybridized carbons (Fsp3) is 0.933. The number of hydrogen-bond donors (Lipinski definition) is 1. The highest BCUT2D eigenvalue weighted by molar-refractivity contribution is 5.13. The minimum absolute atomic E-state index is 0.0580. The molecule has 1 aliphatic rings. The van der Waals surface area contributed by atoms with Gasteiger partial charge in [0.2, 0.25) is 0 Å². The lowest BCUT2D eigenvalue weighted by Crippen LogP contribution is -2.56. The molecule has 1 saturated carbocycles. The largest absolute Gasteiger partial charge is 0.388 e. The van der Waals surface area contributed by atoms with Crippen molar-refractivity contribution in [3.63, 3.8) is 0 Å². The van der Waals surface area contributed by atoms with Gasteiger partial charge in [0.15, 0.2) is 0 Å². The van der Waals surface area contributed by atoms with Gasteiger partial charge in [-0.15, -0.1) is 0 Å². The molecule has 0 aliphatic heterocycles. The van der Waals surface area contributed by atoms with Crippen LogP contribution < -0.4 is 0 Å². The average Bonchev–Trinajstić information content (AvgIpc) is 2.26. The zero-order valence-electron chi connectivity index (χ0n) is 12.0. The molecule has 1 rings (SSSR count). The molecule has 0 heterocycles. The fourth-order valence-electron chi connectivity index (χ4n) is 3.45. The molecule has 2 nitrogen and oxygen atoms in total. The Labute approximate surface area is 106 Å². The molecule has 0 aromatic heterocycles. The van der Waals surface area contributed by atoms with Crippen molar-refractivity contribution >= 4 is 0 Å². The molecule has 1 aliphatic carbocycles. The average molecular weight is 237 g/mol. The first-order chi connectivity index (χ1) is 7.71. The van der Waals surface area contributed by atoms with Gasteiger partial charge in [-0.2, -0.15) is 5.26 Å². The van der Waals surface area contributed by atoms with E-state index in [0.717, 1.165) is 19.3 Å². The first-order valence-corrected chi connectivity index (χ1v) is 6.85. The Kier molecular flexibility index (Phi) is 3.94. The Morgan fingerprint density at radius 1 is 1.29 bits per heavy atom. The third-order valence-electron chi connectivity index (χ3n) is 4.83. The molecule has 0 amide bonds. The van der Waals surface area contributed by atoms with E-state index in [1.54, 1.807) is 0 Å². The van der Waals surface area contributed by atoms with Gasteiger partial charge in [0.1, 0.15) is 0 Å². The predicted octanol–water partition coefficient (Wildman–Crippen LogP) is 3.89. The maximum atomic E-state index is 11.2. The van der Waals surface area contributed by atoms with Crippen LogP contribution in [0, 0.1) is 28.1 Å². The number of rotatable bonds is 2. The highest BCUT2D eigenvalue weighted by Gasteiger charge is 2.55. The molecule has 1 N–H and O–H groups in total. The quantitative estimate of drug-likeness (QED) is 0.791. The number of nitrogens with zero attached hydrogens (tertiary/aromatic N) is 1. The van der Waals surface area contributed by atoms with Crippen LogP contribution in [0.2, 0.25) is 0 Å². The van der Waals surface area contributed by atoms with E-state index in [1.807, 2.05) is 13.8 Å². The van der Waals surface area contributed by atoms with Gasteiger partial charge in [-0.1, -0.05) is 40.5 Å². The van der Waals surface area contributed by atoms with Crippen molar-refractivity contribution in [2.24, 2.45) is 16.7 Å². The molecule has 0 aromatic rings. The van der Waals surface area contributed by atoms with Crippen LogP contribution >= 0.6 is 0 Å². The third kappa shape index (κ3) is 2.36. The van der Waals surface area contributed by atoms with E-state index < -0.39 is 11.0 Å². The van der Waals surface area contributed by atoms with Crippen molar-refractivity contribution in [1.82, 2.24) is 0 Å². The highest BCUT2D eigenvalue weighted by Crippen LogP contribution is 2.53. The van der Waals surface area contributed by atoms with Crippen LogP contribution in [0.3, 0.4) is 0 Å². The topological polar surface area (TPSA) is 44.0 Å². The smallest absolute Gasteiger partial charge is 0.0863 e. The molecule has 0 spiro atoms. The second kappa shape index (κ2) is 4.61. The van der Waals surface area contributed by atoms with Crippen LogP contribution in [0.5, 0.6) is 0 Å². The maximum absolute atomic E-state index is 11.2. The van der Waals surface area contributed by atoms with Crippen LogP contribution in [-0.4, -0.2) is 10.7 Å². The second-order valence-corrected chi connectivity index (χ2v) is 6.89. The summed E-state index contributed by atoms with van der Waals surface area (Å²) >= 11 is 0. The summed E-state index contributed by atoms with van der Waals surface area (Å²) in [7, 11) is 0. The summed E-state index contributed by atoms with van der Waals surface area (Å²) < 4.78 is 0. The van der Waals surface area contributed by atoms with Crippen molar-refractivity contribution in [3.05, 3.63) is 0 Å². The van der Waals surface area contributed by atoms with Gasteiger partial charge >= 0.3 is 0 Å². The van der Waals surface area contributed by atoms with Gasteiger partial charge in [0.05, 0.1) is 17.1 Å². The lowest BCUT2D eigenvalue weighted by atomic mass is 9.54. The van der Waals surface area contributed by atoms with Crippen LogP contribution in [0.25, 0.3) is 0 Å². The summed E-state index contributed by atoms with van der Waals surface area (Å²) in [6.07, 6.45) is 4.74. The van der Waals surface area contributed by atoms with Gasteiger partial charge in [-0.25, -0.2) is 0 Å². The summed E-state index contributed by atoms with van der Waals surface area (Å²) in [6.45, 7) is 10.5. The Morgan fingerprint density at radius 3 is 2.29 bits per heavy atom. The van der Waals surface area contributed by atoms with E-state index >= 15 is 0 Å². The Morgan fingerprint density at radius 2 is 1.88 bits per heavy atom. The molecule has 2 heteroatoms. The number of hydrogen-bond acceptors (Lipinski definition) is 2. The molecule has 1 fully saturated rings. The third-order valence-corrected chi connectivity index (χ3v) is 4.83. The molecule has 0 saturated heterocycles. The van der Waals surface area contributed by atoms with E-state index in [0.29, 0.717) is 6.42 Å².